The van der Waals surface area contributed by atoms with Gasteiger partial charge >= 0.3 is 6.18 Å². The average molecular weight is 483 g/mol. The molecule has 2 aliphatic carbocycles. The number of ether oxygens (including phenoxy) is 1. The molecular formula is C24H41F3O4S. The minimum absolute atomic E-state index is 0.000283. The van der Waals surface area contributed by atoms with Crippen LogP contribution in [0.4, 0.5) is 13.2 Å². The lowest BCUT2D eigenvalue weighted by molar-refractivity contribution is -0.191. The van der Waals surface area contributed by atoms with Crippen LogP contribution in [-0.2, 0) is 14.6 Å². The van der Waals surface area contributed by atoms with E-state index in [1.54, 1.807) is 7.11 Å². The van der Waals surface area contributed by atoms with Crippen LogP contribution in [0.5, 0.6) is 0 Å². The number of rotatable bonds is 6. The third-order valence-electron chi connectivity index (χ3n) is 9.01. The number of sulfone groups is 1. The molecule has 0 aromatic carbocycles. The molecule has 8 heteroatoms. The Hall–Kier alpha value is -0.340. The molecule has 4 nitrogen and oxygen atoms in total. The standard InChI is InChI=1S/C24H41F3O4S/c1-4-6-12-23(5-2)15-32(29,30)20-11-10-18(31-3)14-19(20)21(22(23)28)16-8-7-9-17(13-16)24(25,26)27/h16-22,28H,4-15H2,1-3H3/t16?,17?,18?,19?,20?,21?,22?,23-/m1/s1. The maximum atomic E-state index is 13.6. The molecule has 0 radical (unpaired) electrons. The van der Waals surface area contributed by atoms with Gasteiger partial charge in [0.2, 0.25) is 0 Å². The monoisotopic (exact) mass is 482 g/mol. The molecule has 3 rings (SSSR count). The van der Waals surface area contributed by atoms with E-state index < -0.39 is 44.6 Å². The van der Waals surface area contributed by atoms with Crippen molar-refractivity contribution in [3.05, 3.63) is 0 Å². The maximum Gasteiger partial charge on any atom is 0.391 e. The number of aliphatic hydroxyl groups excluding tert-OH is 1. The zero-order chi connectivity index (χ0) is 23.7. The first kappa shape index (κ1) is 26.3. The van der Waals surface area contributed by atoms with Crippen molar-refractivity contribution in [2.24, 2.45) is 29.1 Å². The van der Waals surface area contributed by atoms with E-state index in [2.05, 4.69) is 0 Å². The summed E-state index contributed by atoms with van der Waals surface area (Å²) in [6.45, 7) is 3.97. The quantitative estimate of drug-likeness (QED) is 0.541. The van der Waals surface area contributed by atoms with Crippen molar-refractivity contribution in [3.63, 3.8) is 0 Å². The van der Waals surface area contributed by atoms with Crippen molar-refractivity contribution in [3.8, 4) is 0 Å². The number of hydrogen-bond donors (Lipinski definition) is 1. The first-order valence-corrected chi connectivity index (χ1v) is 14.2. The van der Waals surface area contributed by atoms with Gasteiger partial charge in [-0.05, 0) is 62.7 Å². The molecule has 8 atom stereocenters. The zero-order valence-corrected chi connectivity index (χ0v) is 20.6. The lowest BCUT2D eigenvalue weighted by Gasteiger charge is -2.47. The molecule has 7 unspecified atom stereocenters. The van der Waals surface area contributed by atoms with Gasteiger partial charge in [-0.25, -0.2) is 8.42 Å². The van der Waals surface area contributed by atoms with Crippen molar-refractivity contribution in [1.29, 1.82) is 0 Å². The molecule has 188 valence electrons. The third kappa shape index (κ3) is 5.17. The van der Waals surface area contributed by atoms with Crippen molar-refractivity contribution in [2.45, 2.75) is 108 Å². The Kier molecular flexibility index (Phi) is 8.30. The van der Waals surface area contributed by atoms with Crippen LogP contribution in [0.1, 0.15) is 84.5 Å². The molecule has 0 amide bonds. The van der Waals surface area contributed by atoms with Crippen LogP contribution in [-0.4, -0.2) is 50.0 Å². The largest absolute Gasteiger partial charge is 0.392 e. The third-order valence-corrected chi connectivity index (χ3v) is 11.5. The summed E-state index contributed by atoms with van der Waals surface area (Å²) >= 11 is 0. The number of fused-ring (bicyclic) bond motifs is 1. The molecule has 1 N–H and O–H groups in total. The van der Waals surface area contributed by atoms with Gasteiger partial charge in [-0.1, -0.05) is 39.5 Å². The van der Waals surface area contributed by atoms with Gasteiger partial charge in [0.25, 0.3) is 0 Å². The van der Waals surface area contributed by atoms with Crippen LogP contribution in [0.2, 0.25) is 0 Å². The Balaban J connectivity index is 2.06. The number of halogens is 3. The predicted octanol–water partition coefficient (Wildman–Crippen LogP) is 5.53. The van der Waals surface area contributed by atoms with Crippen molar-refractivity contribution in [1.82, 2.24) is 0 Å². The number of aliphatic hydroxyl groups is 1. The van der Waals surface area contributed by atoms with Gasteiger partial charge in [0, 0.05) is 12.5 Å². The van der Waals surface area contributed by atoms with Gasteiger partial charge in [-0.3, -0.25) is 0 Å². The highest BCUT2D eigenvalue weighted by Gasteiger charge is 2.57. The highest BCUT2D eigenvalue weighted by molar-refractivity contribution is 7.92. The molecule has 0 aromatic heterocycles. The Morgan fingerprint density at radius 1 is 1.09 bits per heavy atom. The SMILES string of the molecule is CCCC[C@]1(CC)CS(=O)(=O)C2CCC(OC)CC2C(C2CCCC(C(F)(F)F)C2)C1O. The summed E-state index contributed by atoms with van der Waals surface area (Å²) in [4.78, 5) is 0. The second kappa shape index (κ2) is 10.1. The van der Waals surface area contributed by atoms with Crippen LogP contribution < -0.4 is 0 Å². The van der Waals surface area contributed by atoms with Crippen LogP contribution in [0.15, 0.2) is 0 Å². The smallest absolute Gasteiger partial charge is 0.391 e. The average Bonchev–Trinajstić information content (AvgIpc) is 2.82. The van der Waals surface area contributed by atoms with Gasteiger partial charge in [0.05, 0.1) is 29.1 Å². The predicted molar refractivity (Wildman–Crippen MR) is 119 cm³/mol. The van der Waals surface area contributed by atoms with E-state index in [-0.39, 0.29) is 36.5 Å². The molecule has 1 aliphatic heterocycles. The molecular weight excluding hydrogens is 441 g/mol. The zero-order valence-electron chi connectivity index (χ0n) is 19.7. The molecule has 1 heterocycles. The number of hydrogen-bond acceptors (Lipinski definition) is 4. The minimum atomic E-state index is -4.24. The molecule has 2 saturated carbocycles. The van der Waals surface area contributed by atoms with Gasteiger partial charge in [-0.15, -0.1) is 0 Å². The van der Waals surface area contributed by atoms with E-state index in [1.807, 2.05) is 13.8 Å². The second-order valence-corrected chi connectivity index (χ2v) is 12.9. The highest BCUT2D eigenvalue weighted by atomic mass is 32.2. The van der Waals surface area contributed by atoms with Crippen LogP contribution >= 0.6 is 0 Å². The fraction of sp³-hybridized carbons (Fsp3) is 1.00. The Bertz CT molecular complexity index is 725. The van der Waals surface area contributed by atoms with Crippen LogP contribution in [0, 0.1) is 29.1 Å². The Morgan fingerprint density at radius 2 is 1.81 bits per heavy atom. The summed E-state index contributed by atoms with van der Waals surface area (Å²) in [5.41, 5.74) is -0.787. The number of alkyl halides is 3. The normalized spacial score (nSPS) is 42.8. The van der Waals surface area contributed by atoms with Crippen molar-refractivity contribution >= 4 is 9.84 Å². The van der Waals surface area contributed by atoms with Crippen LogP contribution in [0.25, 0.3) is 0 Å². The minimum Gasteiger partial charge on any atom is -0.392 e. The molecule has 0 aromatic rings. The molecule has 0 bridgehead atoms. The summed E-state index contributed by atoms with van der Waals surface area (Å²) in [7, 11) is -1.88. The van der Waals surface area contributed by atoms with Crippen LogP contribution in [0.3, 0.4) is 0 Å². The van der Waals surface area contributed by atoms with Gasteiger partial charge < -0.3 is 9.84 Å². The highest BCUT2D eigenvalue weighted by Crippen LogP contribution is 2.54. The molecule has 32 heavy (non-hydrogen) atoms. The van der Waals surface area contributed by atoms with Crippen molar-refractivity contribution in [2.75, 3.05) is 12.9 Å². The number of unbranched alkanes of at least 4 members (excludes halogenated alkanes) is 1. The Labute approximate surface area is 191 Å². The van der Waals surface area contributed by atoms with E-state index in [4.69, 9.17) is 4.74 Å². The van der Waals surface area contributed by atoms with Gasteiger partial charge in [0.1, 0.15) is 0 Å². The lowest BCUT2D eigenvalue weighted by atomic mass is 9.60. The first-order valence-electron chi connectivity index (χ1n) is 12.5. The van der Waals surface area contributed by atoms with E-state index >= 15 is 0 Å². The fourth-order valence-electron chi connectivity index (χ4n) is 7.16. The second-order valence-electron chi connectivity index (χ2n) is 10.7. The summed E-state index contributed by atoms with van der Waals surface area (Å²) in [5, 5.41) is 11.3. The van der Waals surface area contributed by atoms with E-state index in [9.17, 15) is 26.7 Å². The topological polar surface area (TPSA) is 63.6 Å². The molecule has 0 spiro atoms. The van der Waals surface area contributed by atoms with E-state index in [0.717, 1.165) is 12.8 Å². The maximum absolute atomic E-state index is 13.6. The van der Waals surface area contributed by atoms with E-state index in [0.29, 0.717) is 44.9 Å². The van der Waals surface area contributed by atoms with E-state index in [1.165, 1.54) is 0 Å². The number of methoxy groups -OCH3 is 1. The lowest BCUT2D eigenvalue weighted by Crippen LogP contribution is -2.49. The summed E-state index contributed by atoms with van der Waals surface area (Å²) in [6, 6.07) is 0. The van der Waals surface area contributed by atoms with Gasteiger partial charge in [-0.2, -0.15) is 13.2 Å². The van der Waals surface area contributed by atoms with Gasteiger partial charge in [0.15, 0.2) is 9.84 Å². The molecule has 3 fully saturated rings. The summed E-state index contributed by atoms with van der Waals surface area (Å²) in [5.74, 6) is -2.50. The first-order chi connectivity index (χ1) is 15.0. The van der Waals surface area contributed by atoms with Crippen molar-refractivity contribution < 1.29 is 31.4 Å². The summed E-state index contributed by atoms with van der Waals surface area (Å²) < 4.78 is 73.8. The Morgan fingerprint density at radius 3 is 2.41 bits per heavy atom. The fourth-order valence-corrected chi connectivity index (χ4v) is 10.0. The molecule has 3 aliphatic rings. The summed E-state index contributed by atoms with van der Waals surface area (Å²) in [6.07, 6.45) is 0.402. The molecule has 1 saturated heterocycles.